The number of hydrogen-bond donors (Lipinski definition) is 2. The Kier molecular flexibility index (Phi) is 6.45. The van der Waals surface area contributed by atoms with Crippen LogP contribution in [0.1, 0.15) is 56.1 Å². The molecule has 1 aromatic rings. The van der Waals surface area contributed by atoms with Crippen LogP contribution >= 0.6 is 15.9 Å². The molecule has 2 unspecified atom stereocenters. The summed E-state index contributed by atoms with van der Waals surface area (Å²) in [6.07, 6.45) is 6.15. The molecule has 0 aromatic heterocycles. The van der Waals surface area contributed by atoms with Crippen molar-refractivity contribution in [1.29, 1.82) is 0 Å². The molecule has 2 amide bonds. The van der Waals surface area contributed by atoms with Gasteiger partial charge >= 0.3 is 10.2 Å². The summed E-state index contributed by atoms with van der Waals surface area (Å²) in [4.78, 5) is 24.9. The lowest BCUT2D eigenvalue weighted by atomic mass is 9.47. The van der Waals surface area contributed by atoms with Crippen molar-refractivity contribution in [2.24, 2.45) is 28.9 Å². The summed E-state index contributed by atoms with van der Waals surface area (Å²) in [6.45, 7) is 4.39. The van der Waals surface area contributed by atoms with Crippen LogP contribution in [0.25, 0.3) is 0 Å². The Bertz CT molecular complexity index is 1120. The van der Waals surface area contributed by atoms with Gasteiger partial charge in [-0.1, -0.05) is 15.9 Å². The Labute approximate surface area is 216 Å². The van der Waals surface area contributed by atoms with Gasteiger partial charge in [0.1, 0.15) is 0 Å². The molecule has 6 rings (SSSR count). The standard InChI is InChI=1S/C25H35BrN4O4S/c1-15-6-20(26)7-16(2)24(15)30-5-3-4-29(35(30,33)34)14-22(32)28-23-18-8-17-9-19(23)12-25(10-17,11-18)13-21(27)31/h6-7,17-19,23H,3-5,8-14H2,1-2H3,(H2,27,31)(H,28,32). The number of carbonyl (C=O) groups excluding carboxylic acids is 2. The van der Waals surface area contributed by atoms with Gasteiger partial charge in [-0.2, -0.15) is 12.7 Å². The van der Waals surface area contributed by atoms with Crippen LogP contribution < -0.4 is 15.4 Å². The molecule has 4 bridgehead atoms. The van der Waals surface area contributed by atoms with Crippen molar-refractivity contribution in [3.8, 4) is 0 Å². The smallest absolute Gasteiger partial charge is 0.304 e. The highest BCUT2D eigenvalue weighted by Crippen LogP contribution is 2.61. The summed E-state index contributed by atoms with van der Waals surface area (Å²) in [5.74, 6) is 0.817. The van der Waals surface area contributed by atoms with Gasteiger partial charge in [0.15, 0.2) is 0 Å². The van der Waals surface area contributed by atoms with Gasteiger partial charge in [0.2, 0.25) is 11.8 Å². The molecule has 3 N–H and O–H groups in total. The second-order valence-electron chi connectivity index (χ2n) is 11.4. The number of nitrogens with one attached hydrogen (secondary N) is 1. The Balaban J connectivity index is 1.28. The van der Waals surface area contributed by atoms with E-state index in [0.29, 0.717) is 49.4 Å². The average Bonchev–Trinajstić information content (AvgIpc) is 2.71. The van der Waals surface area contributed by atoms with Crippen molar-refractivity contribution in [1.82, 2.24) is 9.62 Å². The Hall–Kier alpha value is -1.65. The van der Waals surface area contributed by atoms with Crippen LogP contribution in [0.15, 0.2) is 16.6 Å². The van der Waals surface area contributed by atoms with Crippen LogP contribution in [0.4, 0.5) is 5.69 Å². The summed E-state index contributed by atoms with van der Waals surface area (Å²) >= 11 is 3.48. The summed E-state index contributed by atoms with van der Waals surface area (Å²) in [6, 6.07) is 3.89. The second-order valence-corrected chi connectivity index (χ2v) is 14.1. The van der Waals surface area contributed by atoms with Crippen LogP contribution in [-0.2, 0) is 19.8 Å². The van der Waals surface area contributed by atoms with Crippen LogP contribution in [0.5, 0.6) is 0 Å². The van der Waals surface area contributed by atoms with Crippen LogP contribution in [0.2, 0.25) is 0 Å². The molecule has 5 fully saturated rings. The molecule has 4 aliphatic carbocycles. The number of halogens is 1. The van der Waals surface area contributed by atoms with E-state index in [4.69, 9.17) is 5.73 Å². The molecule has 1 aromatic carbocycles. The second kappa shape index (κ2) is 9.03. The van der Waals surface area contributed by atoms with Gasteiger partial charge in [0, 0.05) is 30.0 Å². The maximum Gasteiger partial charge on any atom is 0.304 e. The highest BCUT2D eigenvalue weighted by molar-refractivity contribution is 9.10. The van der Waals surface area contributed by atoms with E-state index in [1.54, 1.807) is 0 Å². The van der Waals surface area contributed by atoms with Gasteiger partial charge in [-0.25, -0.2) is 0 Å². The van der Waals surface area contributed by atoms with E-state index in [0.717, 1.165) is 47.7 Å². The lowest BCUT2D eigenvalue weighted by Gasteiger charge is -2.60. The fraction of sp³-hybridized carbons (Fsp3) is 0.680. The van der Waals surface area contributed by atoms with Crippen molar-refractivity contribution in [3.05, 3.63) is 27.7 Å². The maximum atomic E-state index is 13.5. The van der Waals surface area contributed by atoms with Gasteiger partial charge in [-0.15, -0.1) is 0 Å². The third-order valence-corrected chi connectivity index (χ3v) is 11.0. The predicted octanol–water partition coefficient (Wildman–Crippen LogP) is 3.01. The molecule has 192 valence electrons. The molecular formula is C25H35BrN4O4S. The van der Waals surface area contributed by atoms with Crippen molar-refractivity contribution in [2.75, 3.05) is 23.9 Å². The molecule has 10 heteroatoms. The molecular weight excluding hydrogens is 532 g/mol. The molecule has 2 atom stereocenters. The Morgan fingerprint density at radius 1 is 1.11 bits per heavy atom. The third kappa shape index (κ3) is 4.62. The number of benzene rings is 1. The highest BCUT2D eigenvalue weighted by atomic mass is 79.9. The zero-order chi connectivity index (χ0) is 25.1. The molecule has 0 radical (unpaired) electrons. The summed E-state index contributed by atoms with van der Waals surface area (Å²) < 4.78 is 30.8. The number of aryl methyl sites for hydroxylation is 2. The van der Waals surface area contributed by atoms with Crippen molar-refractivity contribution < 1.29 is 18.0 Å². The number of amides is 2. The molecule has 1 saturated heterocycles. The zero-order valence-corrected chi connectivity index (χ0v) is 22.8. The van der Waals surface area contributed by atoms with Crippen molar-refractivity contribution in [2.45, 2.75) is 64.8 Å². The molecule has 35 heavy (non-hydrogen) atoms. The number of nitrogens with two attached hydrogens (primary N) is 1. The fourth-order valence-corrected chi connectivity index (χ4v) is 10.3. The van der Waals surface area contributed by atoms with Gasteiger partial charge in [0.05, 0.1) is 12.2 Å². The van der Waals surface area contributed by atoms with Crippen LogP contribution in [-0.4, -0.2) is 50.2 Å². The predicted molar refractivity (Wildman–Crippen MR) is 138 cm³/mol. The summed E-state index contributed by atoms with van der Waals surface area (Å²) in [5, 5.41) is 3.22. The first kappa shape index (κ1) is 25.0. The molecule has 1 heterocycles. The zero-order valence-electron chi connectivity index (χ0n) is 20.4. The van der Waals surface area contributed by atoms with E-state index in [9.17, 15) is 18.0 Å². The van der Waals surface area contributed by atoms with E-state index >= 15 is 0 Å². The average molecular weight is 568 g/mol. The number of carbonyl (C=O) groups is 2. The minimum Gasteiger partial charge on any atom is -0.370 e. The Morgan fingerprint density at radius 2 is 1.74 bits per heavy atom. The minimum absolute atomic E-state index is 0.000664. The van der Waals surface area contributed by atoms with Gasteiger partial charge in [-0.3, -0.25) is 13.9 Å². The van der Waals surface area contributed by atoms with E-state index in [2.05, 4.69) is 21.2 Å². The lowest BCUT2D eigenvalue weighted by Crippen LogP contribution is -2.61. The molecule has 1 aliphatic heterocycles. The van der Waals surface area contributed by atoms with Crippen molar-refractivity contribution in [3.63, 3.8) is 0 Å². The molecule has 8 nitrogen and oxygen atoms in total. The van der Waals surface area contributed by atoms with Gasteiger partial charge in [-0.05, 0) is 98.8 Å². The quantitative estimate of drug-likeness (QED) is 0.551. The van der Waals surface area contributed by atoms with Gasteiger partial charge < -0.3 is 11.1 Å². The number of anilines is 1. The summed E-state index contributed by atoms with van der Waals surface area (Å²) in [7, 11) is -3.82. The fourth-order valence-electron chi connectivity index (χ4n) is 7.85. The van der Waals surface area contributed by atoms with E-state index in [1.807, 2.05) is 26.0 Å². The maximum absolute atomic E-state index is 13.5. The number of primary amides is 1. The first-order valence-electron chi connectivity index (χ1n) is 12.6. The van der Waals surface area contributed by atoms with E-state index < -0.39 is 10.2 Å². The normalized spacial score (nSPS) is 33.6. The monoisotopic (exact) mass is 566 g/mol. The summed E-state index contributed by atoms with van der Waals surface area (Å²) in [5.41, 5.74) is 8.01. The highest BCUT2D eigenvalue weighted by Gasteiger charge is 2.56. The number of hydrogen-bond acceptors (Lipinski definition) is 4. The number of rotatable bonds is 6. The number of nitrogens with zero attached hydrogens (tertiary/aromatic N) is 2. The molecule has 4 saturated carbocycles. The van der Waals surface area contributed by atoms with Crippen molar-refractivity contribution >= 4 is 43.6 Å². The van der Waals surface area contributed by atoms with E-state index in [-0.39, 0.29) is 29.8 Å². The lowest BCUT2D eigenvalue weighted by molar-refractivity contribution is -0.134. The minimum atomic E-state index is -3.82. The van der Waals surface area contributed by atoms with Crippen LogP contribution in [0, 0.1) is 37.0 Å². The topological polar surface area (TPSA) is 113 Å². The van der Waals surface area contributed by atoms with Crippen LogP contribution in [0.3, 0.4) is 0 Å². The first-order chi connectivity index (χ1) is 16.5. The first-order valence-corrected chi connectivity index (χ1v) is 14.8. The molecule has 0 spiro atoms. The van der Waals surface area contributed by atoms with E-state index in [1.165, 1.54) is 8.61 Å². The van der Waals surface area contributed by atoms with Gasteiger partial charge in [0.25, 0.3) is 0 Å². The molecule has 5 aliphatic rings. The Morgan fingerprint density at radius 3 is 2.34 bits per heavy atom. The largest absolute Gasteiger partial charge is 0.370 e. The SMILES string of the molecule is Cc1cc(Br)cc(C)c1N1CCCN(CC(=O)NC2C3CC4CC2CC(CC(N)=O)(C4)C3)S1(=O)=O. The third-order valence-electron chi connectivity index (χ3n) is 8.68.